The molecule has 0 bridgehead atoms. The molecule has 1 nitrogen and oxygen atoms in total. The molecule has 0 aromatic carbocycles. The minimum atomic E-state index is 0.664. The molecular weight excluding hydrogens is 122 g/mol. The standard InChI is InChI=1S/C6H12ClN/c1-2-6-4-3-5-8(6)7/h6H,2-5H2,1H3. The van der Waals surface area contributed by atoms with Gasteiger partial charge >= 0.3 is 0 Å². The Labute approximate surface area is 55.7 Å². The topological polar surface area (TPSA) is 3.24 Å². The van der Waals surface area contributed by atoms with Crippen molar-refractivity contribution in [3.05, 3.63) is 0 Å². The van der Waals surface area contributed by atoms with Gasteiger partial charge in [-0.05, 0) is 31.0 Å². The van der Waals surface area contributed by atoms with E-state index >= 15 is 0 Å². The van der Waals surface area contributed by atoms with Crippen LogP contribution in [0.2, 0.25) is 0 Å². The lowest BCUT2D eigenvalue weighted by atomic mass is 10.2. The van der Waals surface area contributed by atoms with Gasteiger partial charge in [-0.3, -0.25) is 0 Å². The van der Waals surface area contributed by atoms with E-state index in [4.69, 9.17) is 11.8 Å². The van der Waals surface area contributed by atoms with Crippen LogP contribution < -0.4 is 0 Å². The lowest BCUT2D eigenvalue weighted by Crippen LogP contribution is -2.17. The average molecular weight is 134 g/mol. The minimum Gasteiger partial charge on any atom is -0.217 e. The molecule has 1 aliphatic heterocycles. The second-order valence-electron chi connectivity index (χ2n) is 2.33. The Hall–Kier alpha value is 0.250. The number of hydrogen-bond acceptors (Lipinski definition) is 1. The van der Waals surface area contributed by atoms with E-state index in [1.807, 2.05) is 4.42 Å². The Morgan fingerprint density at radius 1 is 1.75 bits per heavy atom. The summed E-state index contributed by atoms with van der Waals surface area (Å²) in [6.07, 6.45) is 3.77. The number of halogens is 1. The van der Waals surface area contributed by atoms with Gasteiger partial charge in [0.1, 0.15) is 0 Å². The van der Waals surface area contributed by atoms with Crippen molar-refractivity contribution in [3.8, 4) is 0 Å². The largest absolute Gasteiger partial charge is 0.217 e. The van der Waals surface area contributed by atoms with Gasteiger partial charge in [-0.1, -0.05) is 6.92 Å². The van der Waals surface area contributed by atoms with Gasteiger partial charge in [-0.2, -0.15) is 0 Å². The highest BCUT2D eigenvalue weighted by atomic mass is 35.5. The average Bonchev–Trinajstić information content (AvgIpc) is 2.14. The second-order valence-corrected chi connectivity index (χ2v) is 2.76. The molecule has 0 aromatic heterocycles. The molecule has 2 heteroatoms. The first-order valence-electron chi connectivity index (χ1n) is 3.27. The van der Waals surface area contributed by atoms with Gasteiger partial charge in [0.05, 0.1) is 0 Å². The van der Waals surface area contributed by atoms with E-state index in [0.29, 0.717) is 6.04 Å². The monoisotopic (exact) mass is 133 g/mol. The first kappa shape index (κ1) is 6.37. The first-order valence-corrected chi connectivity index (χ1v) is 3.61. The molecule has 1 aliphatic rings. The van der Waals surface area contributed by atoms with Gasteiger partial charge in [0.2, 0.25) is 0 Å². The molecule has 1 unspecified atom stereocenters. The fourth-order valence-corrected chi connectivity index (χ4v) is 1.56. The van der Waals surface area contributed by atoms with Crippen LogP contribution >= 0.6 is 11.8 Å². The predicted octanol–water partition coefficient (Wildman–Crippen LogP) is 2.01. The normalized spacial score (nSPS) is 31.5. The van der Waals surface area contributed by atoms with Gasteiger partial charge in [-0.15, -0.1) is 0 Å². The van der Waals surface area contributed by atoms with E-state index in [2.05, 4.69) is 6.92 Å². The number of nitrogens with zero attached hydrogens (tertiary/aromatic N) is 1. The Kier molecular flexibility index (Phi) is 2.15. The van der Waals surface area contributed by atoms with Crippen LogP contribution in [0.5, 0.6) is 0 Å². The molecule has 1 fully saturated rings. The Morgan fingerprint density at radius 3 is 2.75 bits per heavy atom. The van der Waals surface area contributed by atoms with E-state index in [9.17, 15) is 0 Å². The van der Waals surface area contributed by atoms with Crippen LogP contribution in [0.1, 0.15) is 26.2 Å². The summed E-state index contributed by atoms with van der Waals surface area (Å²) < 4.78 is 1.93. The molecule has 0 aromatic rings. The van der Waals surface area contributed by atoms with Gasteiger partial charge in [0, 0.05) is 12.6 Å². The molecule has 0 saturated carbocycles. The quantitative estimate of drug-likeness (QED) is 0.495. The summed E-state index contributed by atoms with van der Waals surface area (Å²) in [7, 11) is 0. The van der Waals surface area contributed by atoms with Gasteiger partial charge < -0.3 is 0 Å². The summed E-state index contributed by atoms with van der Waals surface area (Å²) in [5, 5.41) is 0. The Bertz CT molecular complexity index is 74.9. The summed E-state index contributed by atoms with van der Waals surface area (Å²) >= 11 is 5.81. The molecule has 0 aliphatic carbocycles. The van der Waals surface area contributed by atoms with Crippen molar-refractivity contribution in [3.63, 3.8) is 0 Å². The zero-order valence-corrected chi connectivity index (χ0v) is 5.99. The molecule has 1 rings (SSSR count). The third-order valence-corrected chi connectivity index (χ3v) is 2.22. The number of rotatable bonds is 1. The van der Waals surface area contributed by atoms with Crippen molar-refractivity contribution < 1.29 is 0 Å². The molecule has 0 radical (unpaired) electrons. The molecule has 1 atom stereocenters. The molecule has 0 N–H and O–H groups in total. The smallest absolute Gasteiger partial charge is 0.0249 e. The predicted molar refractivity (Wildman–Crippen MR) is 35.9 cm³/mol. The van der Waals surface area contributed by atoms with Gasteiger partial charge in [-0.25, -0.2) is 4.42 Å². The van der Waals surface area contributed by atoms with Crippen LogP contribution in [-0.2, 0) is 0 Å². The van der Waals surface area contributed by atoms with Crippen molar-refractivity contribution in [1.82, 2.24) is 4.42 Å². The zero-order chi connectivity index (χ0) is 5.98. The van der Waals surface area contributed by atoms with E-state index in [0.717, 1.165) is 6.54 Å². The van der Waals surface area contributed by atoms with Crippen LogP contribution in [0.4, 0.5) is 0 Å². The van der Waals surface area contributed by atoms with Crippen LogP contribution in [0, 0.1) is 0 Å². The summed E-state index contributed by atoms with van der Waals surface area (Å²) in [6, 6.07) is 0.664. The highest BCUT2D eigenvalue weighted by Crippen LogP contribution is 2.20. The SMILES string of the molecule is CCC1CCCN1Cl. The fraction of sp³-hybridized carbons (Fsp3) is 1.00. The van der Waals surface area contributed by atoms with Crippen LogP contribution in [0.15, 0.2) is 0 Å². The zero-order valence-electron chi connectivity index (χ0n) is 5.23. The highest BCUT2D eigenvalue weighted by molar-refractivity contribution is 6.13. The maximum Gasteiger partial charge on any atom is 0.0249 e. The third kappa shape index (κ3) is 1.15. The van der Waals surface area contributed by atoms with Crippen molar-refractivity contribution in [2.45, 2.75) is 32.2 Å². The number of hydrogen-bond donors (Lipinski definition) is 0. The van der Waals surface area contributed by atoms with Crippen molar-refractivity contribution in [2.75, 3.05) is 6.54 Å². The molecular formula is C6H12ClN. The summed E-state index contributed by atoms with van der Waals surface area (Å²) in [5.41, 5.74) is 0. The lowest BCUT2D eigenvalue weighted by Gasteiger charge is -2.12. The van der Waals surface area contributed by atoms with E-state index < -0.39 is 0 Å². The summed E-state index contributed by atoms with van der Waals surface area (Å²) in [6.45, 7) is 3.27. The summed E-state index contributed by atoms with van der Waals surface area (Å²) in [5.74, 6) is 0. The fourth-order valence-electron chi connectivity index (χ4n) is 1.20. The summed E-state index contributed by atoms with van der Waals surface area (Å²) in [4.78, 5) is 0. The maximum absolute atomic E-state index is 5.81. The van der Waals surface area contributed by atoms with Crippen LogP contribution in [-0.4, -0.2) is 17.0 Å². The highest BCUT2D eigenvalue weighted by Gasteiger charge is 2.19. The van der Waals surface area contributed by atoms with E-state index in [1.165, 1.54) is 19.3 Å². The first-order chi connectivity index (χ1) is 3.84. The van der Waals surface area contributed by atoms with Crippen molar-refractivity contribution in [1.29, 1.82) is 0 Å². The van der Waals surface area contributed by atoms with E-state index in [-0.39, 0.29) is 0 Å². The molecule has 1 heterocycles. The molecule has 1 saturated heterocycles. The van der Waals surface area contributed by atoms with Crippen molar-refractivity contribution in [2.24, 2.45) is 0 Å². The molecule has 0 spiro atoms. The molecule has 8 heavy (non-hydrogen) atoms. The second kappa shape index (κ2) is 2.70. The van der Waals surface area contributed by atoms with Gasteiger partial charge in [0.25, 0.3) is 0 Å². The molecule has 48 valence electrons. The molecule has 0 amide bonds. The van der Waals surface area contributed by atoms with Crippen LogP contribution in [0.25, 0.3) is 0 Å². The van der Waals surface area contributed by atoms with E-state index in [1.54, 1.807) is 0 Å². The van der Waals surface area contributed by atoms with Crippen molar-refractivity contribution >= 4 is 11.8 Å². The lowest BCUT2D eigenvalue weighted by molar-refractivity contribution is 0.411. The Balaban J connectivity index is 2.30. The van der Waals surface area contributed by atoms with Crippen LogP contribution in [0.3, 0.4) is 0 Å². The van der Waals surface area contributed by atoms with Gasteiger partial charge in [0.15, 0.2) is 0 Å². The minimum absolute atomic E-state index is 0.664. The third-order valence-electron chi connectivity index (χ3n) is 1.78. The Morgan fingerprint density at radius 2 is 2.50 bits per heavy atom. The maximum atomic E-state index is 5.81.